The van der Waals surface area contributed by atoms with E-state index in [2.05, 4.69) is 51.9 Å². The third-order valence-corrected chi connectivity index (χ3v) is 4.21. The smallest absolute Gasteiger partial charge is 0.123 e. The first-order valence-corrected chi connectivity index (χ1v) is 7.64. The number of likely N-dealkylation sites (N-methyl/N-ethyl adjacent to an activating group) is 1. The molecule has 1 aromatic heterocycles. The number of hydrogen-bond acceptors (Lipinski definition) is 3. The lowest BCUT2D eigenvalue weighted by molar-refractivity contribution is 0.276. The third-order valence-electron chi connectivity index (χ3n) is 4.21. The van der Waals surface area contributed by atoms with Crippen LogP contribution in [-0.2, 0) is 13.6 Å². The molecule has 0 unspecified atom stereocenters. The highest BCUT2D eigenvalue weighted by atomic mass is 15.2. The summed E-state index contributed by atoms with van der Waals surface area (Å²) in [5.41, 5.74) is 2.29. The van der Waals surface area contributed by atoms with E-state index in [0.29, 0.717) is 0 Å². The van der Waals surface area contributed by atoms with E-state index >= 15 is 0 Å². The molecule has 1 aliphatic carbocycles. The van der Waals surface area contributed by atoms with E-state index in [0.717, 1.165) is 37.0 Å². The van der Waals surface area contributed by atoms with Crippen molar-refractivity contribution in [3.05, 3.63) is 30.1 Å². The molecule has 4 heteroatoms. The maximum atomic E-state index is 4.68. The van der Waals surface area contributed by atoms with E-state index in [4.69, 9.17) is 0 Å². The summed E-state index contributed by atoms with van der Waals surface area (Å²) in [5.74, 6) is 1.11. The third kappa shape index (κ3) is 2.86. The van der Waals surface area contributed by atoms with E-state index in [1.165, 1.54) is 24.9 Å². The number of aryl methyl sites for hydroxylation is 1. The molecule has 4 nitrogen and oxygen atoms in total. The van der Waals surface area contributed by atoms with Crippen LogP contribution in [0.2, 0.25) is 0 Å². The van der Waals surface area contributed by atoms with E-state index < -0.39 is 0 Å². The predicted octanol–water partition coefficient (Wildman–Crippen LogP) is 2.15. The van der Waals surface area contributed by atoms with Crippen molar-refractivity contribution in [2.45, 2.75) is 32.4 Å². The molecule has 0 radical (unpaired) electrons. The van der Waals surface area contributed by atoms with Crippen molar-refractivity contribution in [3.8, 4) is 0 Å². The summed E-state index contributed by atoms with van der Waals surface area (Å²) in [6.45, 7) is 6.44. The van der Waals surface area contributed by atoms with Gasteiger partial charge >= 0.3 is 0 Å². The summed E-state index contributed by atoms with van der Waals surface area (Å²) in [4.78, 5) is 7.25. The van der Waals surface area contributed by atoms with Gasteiger partial charge in [-0.25, -0.2) is 4.98 Å². The summed E-state index contributed by atoms with van der Waals surface area (Å²) in [6.07, 6.45) is 2.77. The number of nitrogens with zero attached hydrogens (tertiary/aromatic N) is 3. The molecule has 1 saturated carbocycles. The Morgan fingerprint density at radius 3 is 2.85 bits per heavy atom. The molecule has 0 atom stereocenters. The minimum absolute atomic E-state index is 0.841. The van der Waals surface area contributed by atoms with Crippen LogP contribution in [0.5, 0.6) is 0 Å². The second kappa shape index (κ2) is 5.94. The lowest BCUT2D eigenvalue weighted by Gasteiger charge is -2.19. The van der Waals surface area contributed by atoms with Crippen molar-refractivity contribution < 1.29 is 0 Å². The van der Waals surface area contributed by atoms with Gasteiger partial charge in [-0.3, -0.25) is 4.90 Å². The maximum absolute atomic E-state index is 4.68. The molecule has 0 saturated heterocycles. The Morgan fingerprint density at radius 1 is 1.35 bits per heavy atom. The standard InChI is InChI=1S/C16H24N4/c1-3-20(13-8-9-13)11-10-17-12-16-18-14-6-4-5-7-15(14)19(16)2/h4-7,13,17H,3,8-12H2,1-2H3. The first-order valence-electron chi connectivity index (χ1n) is 7.64. The molecule has 2 aromatic rings. The fourth-order valence-corrected chi connectivity index (χ4v) is 2.81. The molecular weight excluding hydrogens is 248 g/mol. The molecule has 20 heavy (non-hydrogen) atoms. The van der Waals surface area contributed by atoms with Crippen LogP contribution in [-0.4, -0.2) is 40.1 Å². The maximum Gasteiger partial charge on any atom is 0.123 e. The molecule has 0 amide bonds. The monoisotopic (exact) mass is 272 g/mol. The highest BCUT2D eigenvalue weighted by Crippen LogP contribution is 2.25. The van der Waals surface area contributed by atoms with Gasteiger partial charge in [-0.1, -0.05) is 19.1 Å². The molecule has 3 rings (SSSR count). The number of benzene rings is 1. The van der Waals surface area contributed by atoms with Gasteiger partial charge in [0, 0.05) is 26.2 Å². The fraction of sp³-hybridized carbons (Fsp3) is 0.562. The first-order chi connectivity index (χ1) is 9.79. The van der Waals surface area contributed by atoms with Gasteiger partial charge < -0.3 is 9.88 Å². The van der Waals surface area contributed by atoms with Crippen molar-refractivity contribution in [2.75, 3.05) is 19.6 Å². The summed E-state index contributed by atoms with van der Waals surface area (Å²) >= 11 is 0. The molecule has 0 bridgehead atoms. The van der Waals surface area contributed by atoms with Crippen molar-refractivity contribution in [2.24, 2.45) is 7.05 Å². The number of nitrogens with one attached hydrogen (secondary N) is 1. The summed E-state index contributed by atoms with van der Waals surface area (Å²) in [7, 11) is 2.09. The normalized spacial score (nSPS) is 15.3. The fourth-order valence-electron chi connectivity index (χ4n) is 2.81. The van der Waals surface area contributed by atoms with Crippen LogP contribution < -0.4 is 5.32 Å². The van der Waals surface area contributed by atoms with E-state index in [-0.39, 0.29) is 0 Å². The average molecular weight is 272 g/mol. The quantitative estimate of drug-likeness (QED) is 0.784. The zero-order valence-electron chi connectivity index (χ0n) is 12.5. The molecule has 1 fully saturated rings. The molecule has 1 N–H and O–H groups in total. The largest absolute Gasteiger partial charge is 0.330 e. The lowest BCUT2D eigenvalue weighted by atomic mass is 10.3. The molecule has 0 aliphatic heterocycles. The van der Waals surface area contributed by atoms with Crippen LogP contribution in [0.15, 0.2) is 24.3 Å². The Morgan fingerprint density at radius 2 is 2.15 bits per heavy atom. The van der Waals surface area contributed by atoms with Gasteiger partial charge in [0.05, 0.1) is 17.6 Å². The summed E-state index contributed by atoms with van der Waals surface area (Å²) < 4.78 is 2.18. The Bertz CT molecular complexity index is 571. The van der Waals surface area contributed by atoms with Crippen LogP contribution in [0.4, 0.5) is 0 Å². The number of para-hydroxylation sites is 2. The SMILES string of the molecule is CCN(CCNCc1nc2ccccc2n1C)C1CC1. The molecule has 1 heterocycles. The highest BCUT2D eigenvalue weighted by Gasteiger charge is 2.26. The van der Waals surface area contributed by atoms with Crippen LogP contribution >= 0.6 is 0 Å². The van der Waals surface area contributed by atoms with E-state index in [1.54, 1.807) is 0 Å². The van der Waals surface area contributed by atoms with Gasteiger partial charge in [0.25, 0.3) is 0 Å². The molecular formula is C16H24N4. The molecule has 1 aliphatic rings. The highest BCUT2D eigenvalue weighted by molar-refractivity contribution is 5.75. The predicted molar refractivity (Wildman–Crippen MR) is 82.7 cm³/mol. The molecule has 1 aromatic carbocycles. The van der Waals surface area contributed by atoms with Gasteiger partial charge in [0.15, 0.2) is 0 Å². The van der Waals surface area contributed by atoms with E-state index in [9.17, 15) is 0 Å². The van der Waals surface area contributed by atoms with Crippen molar-refractivity contribution in [3.63, 3.8) is 0 Å². The number of hydrogen-bond donors (Lipinski definition) is 1. The summed E-state index contributed by atoms with van der Waals surface area (Å²) in [6, 6.07) is 9.16. The van der Waals surface area contributed by atoms with Crippen LogP contribution in [0.3, 0.4) is 0 Å². The zero-order chi connectivity index (χ0) is 13.9. The topological polar surface area (TPSA) is 33.1 Å². The molecule has 0 spiro atoms. The zero-order valence-corrected chi connectivity index (χ0v) is 12.5. The van der Waals surface area contributed by atoms with Gasteiger partial charge in [-0.05, 0) is 31.5 Å². The minimum Gasteiger partial charge on any atom is -0.330 e. The number of imidazole rings is 1. The van der Waals surface area contributed by atoms with Crippen molar-refractivity contribution in [1.82, 2.24) is 19.8 Å². The van der Waals surface area contributed by atoms with Crippen molar-refractivity contribution >= 4 is 11.0 Å². The second-order valence-corrected chi connectivity index (χ2v) is 5.61. The minimum atomic E-state index is 0.841. The second-order valence-electron chi connectivity index (χ2n) is 5.61. The average Bonchev–Trinajstić information content (AvgIpc) is 3.26. The number of aromatic nitrogens is 2. The van der Waals surface area contributed by atoms with Gasteiger partial charge in [0.2, 0.25) is 0 Å². The van der Waals surface area contributed by atoms with E-state index in [1.807, 2.05) is 6.07 Å². The van der Waals surface area contributed by atoms with Gasteiger partial charge in [0.1, 0.15) is 5.82 Å². The summed E-state index contributed by atoms with van der Waals surface area (Å²) in [5, 5.41) is 3.53. The van der Waals surface area contributed by atoms with Crippen LogP contribution in [0.1, 0.15) is 25.6 Å². The first kappa shape index (κ1) is 13.6. The Kier molecular flexibility index (Phi) is 4.03. The van der Waals surface area contributed by atoms with Gasteiger partial charge in [-0.15, -0.1) is 0 Å². The number of fused-ring (bicyclic) bond motifs is 1. The molecule has 108 valence electrons. The van der Waals surface area contributed by atoms with Crippen molar-refractivity contribution in [1.29, 1.82) is 0 Å². The van der Waals surface area contributed by atoms with Crippen LogP contribution in [0.25, 0.3) is 11.0 Å². The Hall–Kier alpha value is -1.39. The lowest BCUT2D eigenvalue weighted by Crippen LogP contribution is -2.33. The van der Waals surface area contributed by atoms with Gasteiger partial charge in [-0.2, -0.15) is 0 Å². The number of rotatable bonds is 7. The Labute approximate surface area is 120 Å². The Balaban J connectivity index is 1.53. The van der Waals surface area contributed by atoms with Crippen LogP contribution in [0, 0.1) is 0 Å².